The van der Waals surface area contributed by atoms with Crippen LogP contribution in [0, 0.1) is 0 Å². The number of carbonyl (C=O) groups excluding carboxylic acids is 1. The first-order valence-corrected chi connectivity index (χ1v) is 9.08. The molecule has 1 unspecified atom stereocenters. The highest BCUT2D eigenvalue weighted by Gasteiger charge is 2.31. The molecular formula is C17H13F3N4O4S. The Labute approximate surface area is 164 Å². The number of aromatic nitrogens is 3. The van der Waals surface area contributed by atoms with Gasteiger partial charge in [-0.1, -0.05) is 24.3 Å². The van der Waals surface area contributed by atoms with E-state index in [1.54, 1.807) is 24.3 Å². The highest BCUT2D eigenvalue weighted by Crippen LogP contribution is 2.25. The monoisotopic (exact) mass is 426 g/mol. The van der Waals surface area contributed by atoms with Gasteiger partial charge in [-0.05, 0) is 24.3 Å². The van der Waals surface area contributed by atoms with E-state index >= 15 is 0 Å². The second-order valence-corrected chi connectivity index (χ2v) is 6.40. The fraction of sp³-hybridized carbons (Fsp3) is 0.118. The fourth-order valence-corrected chi connectivity index (χ4v) is 2.67. The lowest BCUT2D eigenvalue weighted by Crippen LogP contribution is -2.19. The lowest BCUT2D eigenvalue weighted by atomic mass is 10.1. The van der Waals surface area contributed by atoms with Crippen molar-refractivity contribution in [2.24, 2.45) is 0 Å². The predicted octanol–water partition coefficient (Wildman–Crippen LogP) is 2.87. The number of rotatable bonds is 7. The molecule has 0 bridgehead atoms. The maximum absolute atomic E-state index is 12.3. The first-order chi connectivity index (χ1) is 13.7. The maximum Gasteiger partial charge on any atom is 0.573 e. The van der Waals surface area contributed by atoms with Gasteiger partial charge in [0.15, 0.2) is 5.82 Å². The molecule has 8 nitrogen and oxygen atoms in total. The number of carbonyl (C=O) groups is 1. The fourth-order valence-electron chi connectivity index (χ4n) is 2.41. The van der Waals surface area contributed by atoms with E-state index in [1.165, 1.54) is 16.8 Å². The Morgan fingerprint density at radius 2 is 1.79 bits per heavy atom. The average molecular weight is 426 g/mol. The number of benzene rings is 2. The Morgan fingerprint density at radius 1 is 1.14 bits per heavy atom. The summed E-state index contributed by atoms with van der Waals surface area (Å²) < 4.78 is 64.3. The number of hydrogen-bond donors (Lipinski definition) is 2. The Morgan fingerprint density at radius 3 is 2.34 bits per heavy atom. The van der Waals surface area contributed by atoms with Crippen molar-refractivity contribution in [3.63, 3.8) is 0 Å². The molecule has 2 aromatic carbocycles. The zero-order valence-corrected chi connectivity index (χ0v) is 15.3. The molecule has 0 saturated heterocycles. The third-order valence-corrected chi connectivity index (χ3v) is 4.04. The van der Waals surface area contributed by atoms with Gasteiger partial charge >= 0.3 is 6.36 Å². The van der Waals surface area contributed by atoms with Crippen molar-refractivity contribution in [3.8, 4) is 22.8 Å². The second kappa shape index (κ2) is 8.51. The molecule has 0 spiro atoms. The first-order valence-electron chi connectivity index (χ1n) is 7.97. The van der Waals surface area contributed by atoms with Gasteiger partial charge in [0, 0.05) is 11.1 Å². The van der Waals surface area contributed by atoms with Crippen LogP contribution in [-0.4, -0.2) is 36.2 Å². The number of hydrogen-bond acceptors (Lipinski definition) is 5. The van der Waals surface area contributed by atoms with Crippen LogP contribution >= 0.6 is 0 Å². The van der Waals surface area contributed by atoms with Crippen molar-refractivity contribution in [1.29, 1.82) is 0 Å². The van der Waals surface area contributed by atoms with Crippen molar-refractivity contribution in [1.82, 2.24) is 19.5 Å². The van der Waals surface area contributed by atoms with Crippen molar-refractivity contribution >= 4 is 17.6 Å². The first kappa shape index (κ1) is 20.6. The SMILES string of the molecule is O=Cc1ccc(-c2nc(CNS(=O)O)n(-c3ccc(OC(F)(F)F)cc3)n2)cc1. The second-order valence-electron chi connectivity index (χ2n) is 5.62. The van der Waals surface area contributed by atoms with Crippen LogP contribution in [-0.2, 0) is 17.8 Å². The summed E-state index contributed by atoms with van der Waals surface area (Å²) in [5.41, 5.74) is 1.41. The molecule has 0 amide bonds. The van der Waals surface area contributed by atoms with Crippen LogP contribution in [0.15, 0.2) is 48.5 Å². The van der Waals surface area contributed by atoms with Crippen LogP contribution in [0.3, 0.4) is 0 Å². The quantitative estimate of drug-likeness (QED) is 0.445. The summed E-state index contributed by atoms with van der Waals surface area (Å²) in [6.07, 6.45) is -4.12. The van der Waals surface area contributed by atoms with E-state index in [-0.39, 0.29) is 18.2 Å². The molecule has 1 aromatic heterocycles. The van der Waals surface area contributed by atoms with E-state index in [0.717, 1.165) is 12.1 Å². The van der Waals surface area contributed by atoms with Crippen LogP contribution in [0.2, 0.25) is 0 Å². The molecule has 0 fully saturated rings. The van der Waals surface area contributed by atoms with Gasteiger partial charge in [0.1, 0.15) is 17.9 Å². The topological polar surface area (TPSA) is 106 Å². The standard InChI is InChI=1S/C17H13F3N4O4S/c18-17(19,20)28-14-7-5-13(6-8-14)24-15(9-21-29(26)27)22-16(23-24)12-3-1-11(10-25)2-4-12/h1-8,10,21H,9H2,(H,26,27). The van der Waals surface area contributed by atoms with Gasteiger partial charge in [0.05, 0.1) is 12.2 Å². The number of alkyl halides is 3. The van der Waals surface area contributed by atoms with E-state index in [2.05, 4.69) is 19.5 Å². The Kier molecular flexibility index (Phi) is 6.06. The van der Waals surface area contributed by atoms with E-state index < -0.39 is 23.4 Å². The summed E-state index contributed by atoms with van der Waals surface area (Å²) in [6, 6.07) is 11.3. The minimum absolute atomic E-state index is 0.136. The van der Waals surface area contributed by atoms with Crippen molar-refractivity contribution in [3.05, 3.63) is 59.9 Å². The van der Waals surface area contributed by atoms with Crippen molar-refractivity contribution in [2.75, 3.05) is 0 Å². The van der Waals surface area contributed by atoms with Crippen LogP contribution in [0.1, 0.15) is 16.2 Å². The predicted molar refractivity (Wildman–Crippen MR) is 96.5 cm³/mol. The van der Waals surface area contributed by atoms with Gasteiger partial charge < -0.3 is 4.74 Å². The molecule has 0 saturated carbocycles. The minimum atomic E-state index is -4.81. The van der Waals surface area contributed by atoms with Gasteiger partial charge in [-0.3, -0.25) is 9.35 Å². The minimum Gasteiger partial charge on any atom is -0.406 e. The zero-order chi connectivity index (χ0) is 21.0. The summed E-state index contributed by atoms with van der Waals surface area (Å²) in [7, 11) is 0. The molecular weight excluding hydrogens is 413 g/mol. The van der Waals surface area contributed by atoms with E-state index in [1.807, 2.05) is 0 Å². The van der Waals surface area contributed by atoms with Gasteiger partial charge in [-0.2, -0.15) is 0 Å². The van der Waals surface area contributed by atoms with Gasteiger partial charge in [0.25, 0.3) is 0 Å². The Hall–Kier alpha value is -3.09. The summed E-state index contributed by atoms with van der Waals surface area (Å²) >= 11 is -2.30. The Bertz CT molecular complexity index is 1020. The third kappa shape index (κ3) is 5.47. The third-order valence-electron chi connectivity index (χ3n) is 3.65. The van der Waals surface area contributed by atoms with Gasteiger partial charge in [-0.15, -0.1) is 18.3 Å². The molecule has 1 atom stereocenters. The highest BCUT2D eigenvalue weighted by molar-refractivity contribution is 7.77. The van der Waals surface area contributed by atoms with Crippen LogP contribution in [0.25, 0.3) is 17.1 Å². The molecule has 0 radical (unpaired) electrons. The average Bonchev–Trinajstić information content (AvgIpc) is 3.10. The molecule has 0 aliphatic heterocycles. The summed E-state index contributed by atoms with van der Waals surface area (Å²) in [4.78, 5) is 15.1. The van der Waals surface area contributed by atoms with Crippen molar-refractivity contribution < 1.29 is 31.5 Å². The molecule has 1 heterocycles. The molecule has 2 N–H and O–H groups in total. The molecule has 152 valence electrons. The van der Waals surface area contributed by atoms with Crippen molar-refractivity contribution in [2.45, 2.75) is 12.9 Å². The normalized spacial score (nSPS) is 12.6. The Balaban J connectivity index is 1.95. The van der Waals surface area contributed by atoms with E-state index in [0.29, 0.717) is 23.1 Å². The lowest BCUT2D eigenvalue weighted by molar-refractivity contribution is -0.274. The van der Waals surface area contributed by atoms with Gasteiger partial charge in [0.2, 0.25) is 11.3 Å². The van der Waals surface area contributed by atoms with Gasteiger partial charge in [-0.25, -0.2) is 18.6 Å². The summed E-state index contributed by atoms with van der Waals surface area (Å²) in [5.74, 6) is 0.104. The summed E-state index contributed by atoms with van der Waals surface area (Å²) in [6.45, 7) is -0.136. The number of ether oxygens (including phenoxy) is 1. The largest absolute Gasteiger partial charge is 0.573 e. The number of nitrogens with zero attached hydrogens (tertiary/aromatic N) is 3. The molecule has 3 rings (SSSR count). The smallest absolute Gasteiger partial charge is 0.406 e. The maximum atomic E-state index is 12.3. The molecule has 0 aliphatic carbocycles. The van der Waals surface area contributed by atoms with E-state index in [9.17, 15) is 22.2 Å². The molecule has 3 aromatic rings. The highest BCUT2D eigenvalue weighted by atomic mass is 32.2. The zero-order valence-electron chi connectivity index (χ0n) is 14.5. The number of halogens is 3. The molecule has 29 heavy (non-hydrogen) atoms. The number of aldehydes is 1. The number of nitrogens with one attached hydrogen (secondary N) is 1. The van der Waals surface area contributed by atoms with Crippen LogP contribution in [0.5, 0.6) is 5.75 Å². The van der Waals surface area contributed by atoms with Crippen LogP contribution < -0.4 is 9.46 Å². The van der Waals surface area contributed by atoms with E-state index in [4.69, 9.17) is 4.55 Å². The summed E-state index contributed by atoms with van der Waals surface area (Å²) in [5, 5.41) is 4.32. The molecule has 12 heteroatoms. The molecule has 0 aliphatic rings. The lowest BCUT2D eigenvalue weighted by Gasteiger charge is -2.10. The van der Waals surface area contributed by atoms with Crippen LogP contribution in [0.4, 0.5) is 13.2 Å².